The molecular formula is C10H12F2O2. The minimum Gasteiger partial charge on any atom is -0.396 e. The summed E-state index contributed by atoms with van der Waals surface area (Å²) in [6.07, 6.45) is -0.334. The van der Waals surface area contributed by atoms with E-state index in [1.54, 1.807) is 0 Å². The van der Waals surface area contributed by atoms with E-state index < -0.39 is 17.7 Å². The Morgan fingerprint density at radius 1 is 1.29 bits per heavy atom. The van der Waals surface area contributed by atoms with Crippen molar-refractivity contribution in [2.45, 2.75) is 18.9 Å². The predicted octanol–water partition coefficient (Wildman–Crippen LogP) is 1.77. The molecule has 2 N–H and O–H groups in total. The van der Waals surface area contributed by atoms with Crippen LogP contribution in [-0.2, 0) is 0 Å². The Balaban J connectivity index is 2.74. The van der Waals surface area contributed by atoms with E-state index in [0.29, 0.717) is 6.42 Å². The molecule has 4 heteroatoms. The number of aliphatic hydroxyl groups excluding tert-OH is 2. The number of benzene rings is 1. The van der Waals surface area contributed by atoms with Crippen LogP contribution in [0, 0.1) is 11.6 Å². The van der Waals surface area contributed by atoms with Crippen LogP contribution < -0.4 is 0 Å². The van der Waals surface area contributed by atoms with Gasteiger partial charge in [0, 0.05) is 18.2 Å². The maximum atomic E-state index is 13.1. The van der Waals surface area contributed by atoms with Crippen LogP contribution in [0.1, 0.15) is 24.5 Å². The van der Waals surface area contributed by atoms with Crippen LogP contribution in [0.3, 0.4) is 0 Å². The lowest BCUT2D eigenvalue weighted by Crippen LogP contribution is -2.02. The van der Waals surface area contributed by atoms with Crippen LogP contribution in [0.2, 0.25) is 0 Å². The van der Waals surface area contributed by atoms with Gasteiger partial charge < -0.3 is 10.2 Å². The molecule has 0 saturated carbocycles. The van der Waals surface area contributed by atoms with Crippen LogP contribution >= 0.6 is 0 Å². The lowest BCUT2D eigenvalue weighted by Gasteiger charge is -2.10. The van der Waals surface area contributed by atoms with Crippen molar-refractivity contribution in [2.75, 3.05) is 6.61 Å². The summed E-state index contributed by atoms with van der Waals surface area (Å²) >= 11 is 0. The molecule has 78 valence electrons. The minimum absolute atomic E-state index is 0.0557. The third-order valence-electron chi connectivity index (χ3n) is 1.96. The van der Waals surface area contributed by atoms with E-state index in [1.165, 1.54) is 6.07 Å². The fourth-order valence-electron chi connectivity index (χ4n) is 1.21. The number of rotatable bonds is 4. The Bertz CT molecular complexity index is 302. The molecular weight excluding hydrogens is 190 g/mol. The van der Waals surface area contributed by atoms with Crippen LogP contribution in [0.25, 0.3) is 0 Å². The van der Waals surface area contributed by atoms with Gasteiger partial charge in [-0.1, -0.05) is 6.07 Å². The third-order valence-corrected chi connectivity index (χ3v) is 1.96. The van der Waals surface area contributed by atoms with Gasteiger partial charge in [-0.15, -0.1) is 0 Å². The molecule has 0 saturated heterocycles. The van der Waals surface area contributed by atoms with Gasteiger partial charge in [0.05, 0.1) is 6.10 Å². The van der Waals surface area contributed by atoms with Gasteiger partial charge in [-0.25, -0.2) is 8.78 Å². The number of aliphatic hydroxyl groups is 2. The highest BCUT2D eigenvalue weighted by molar-refractivity contribution is 5.20. The fraction of sp³-hybridized carbons (Fsp3) is 0.400. The van der Waals surface area contributed by atoms with Gasteiger partial charge in [0.1, 0.15) is 11.6 Å². The zero-order valence-corrected chi connectivity index (χ0v) is 7.58. The Morgan fingerprint density at radius 3 is 2.57 bits per heavy atom. The summed E-state index contributed by atoms with van der Waals surface area (Å²) in [6, 6.07) is 3.05. The van der Waals surface area contributed by atoms with Crippen molar-refractivity contribution in [3.63, 3.8) is 0 Å². The average Bonchev–Trinajstić information content (AvgIpc) is 2.14. The van der Waals surface area contributed by atoms with Crippen molar-refractivity contribution < 1.29 is 19.0 Å². The summed E-state index contributed by atoms with van der Waals surface area (Å²) in [7, 11) is 0. The second-order valence-corrected chi connectivity index (χ2v) is 3.05. The van der Waals surface area contributed by atoms with Crippen molar-refractivity contribution in [3.8, 4) is 0 Å². The quantitative estimate of drug-likeness (QED) is 0.781. The highest BCUT2D eigenvalue weighted by atomic mass is 19.1. The van der Waals surface area contributed by atoms with E-state index in [1.807, 2.05) is 0 Å². The number of halogens is 2. The first-order valence-corrected chi connectivity index (χ1v) is 4.39. The molecule has 0 heterocycles. The maximum absolute atomic E-state index is 13.1. The minimum atomic E-state index is -0.984. The summed E-state index contributed by atoms with van der Waals surface area (Å²) in [5.41, 5.74) is 0.0693. The Morgan fingerprint density at radius 2 is 2.00 bits per heavy atom. The lowest BCUT2D eigenvalue weighted by atomic mass is 10.0. The first kappa shape index (κ1) is 11.1. The predicted molar refractivity (Wildman–Crippen MR) is 47.6 cm³/mol. The summed E-state index contributed by atoms with van der Waals surface area (Å²) in [5.74, 6) is -1.42. The van der Waals surface area contributed by atoms with Gasteiger partial charge in [-0.2, -0.15) is 0 Å². The standard InChI is InChI=1S/C10H12F2O2/c11-7-3-4-8(9(12)6-7)10(14)2-1-5-13/h3-4,6,10,13-14H,1-2,5H2. The molecule has 0 bridgehead atoms. The molecule has 0 aromatic heterocycles. The molecule has 2 nitrogen and oxygen atoms in total. The van der Waals surface area contributed by atoms with Gasteiger partial charge in [0.15, 0.2) is 0 Å². The van der Waals surface area contributed by atoms with Crippen molar-refractivity contribution in [1.29, 1.82) is 0 Å². The fourth-order valence-corrected chi connectivity index (χ4v) is 1.21. The largest absolute Gasteiger partial charge is 0.396 e. The molecule has 0 aliphatic rings. The molecule has 1 rings (SSSR count). The van der Waals surface area contributed by atoms with E-state index in [4.69, 9.17) is 5.11 Å². The zero-order valence-electron chi connectivity index (χ0n) is 7.58. The molecule has 1 atom stereocenters. The van der Waals surface area contributed by atoms with Gasteiger partial charge >= 0.3 is 0 Å². The summed E-state index contributed by atoms with van der Waals surface area (Å²) < 4.78 is 25.6. The van der Waals surface area contributed by atoms with Crippen LogP contribution in [-0.4, -0.2) is 16.8 Å². The van der Waals surface area contributed by atoms with E-state index >= 15 is 0 Å². The second kappa shape index (κ2) is 5.02. The summed E-state index contributed by atoms with van der Waals surface area (Å²) in [6.45, 7) is -0.0557. The average molecular weight is 202 g/mol. The monoisotopic (exact) mass is 202 g/mol. The van der Waals surface area contributed by atoms with Gasteiger partial charge in [0.25, 0.3) is 0 Å². The van der Waals surface area contributed by atoms with Crippen LogP contribution in [0.4, 0.5) is 8.78 Å². The Labute approximate surface area is 80.8 Å². The van der Waals surface area contributed by atoms with Gasteiger partial charge in [-0.05, 0) is 18.9 Å². The van der Waals surface area contributed by atoms with Crippen LogP contribution in [0.15, 0.2) is 18.2 Å². The van der Waals surface area contributed by atoms with Crippen molar-refractivity contribution in [2.24, 2.45) is 0 Å². The normalized spacial score (nSPS) is 12.9. The first-order valence-electron chi connectivity index (χ1n) is 4.39. The second-order valence-electron chi connectivity index (χ2n) is 3.05. The number of hydrogen-bond acceptors (Lipinski definition) is 2. The Hall–Kier alpha value is -1.00. The number of hydrogen-bond donors (Lipinski definition) is 2. The van der Waals surface area contributed by atoms with E-state index in [2.05, 4.69) is 0 Å². The van der Waals surface area contributed by atoms with Gasteiger partial charge in [-0.3, -0.25) is 0 Å². The van der Waals surface area contributed by atoms with E-state index in [0.717, 1.165) is 12.1 Å². The Kier molecular flexibility index (Phi) is 3.98. The molecule has 0 radical (unpaired) electrons. The van der Waals surface area contributed by atoms with E-state index in [-0.39, 0.29) is 18.6 Å². The lowest BCUT2D eigenvalue weighted by molar-refractivity contribution is 0.147. The summed E-state index contributed by atoms with van der Waals surface area (Å²) in [4.78, 5) is 0. The van der Waals surface area contributed by atoms with Crippen LogP contribution in [0.5, 0.6) is 0 Å². The molecule has 0 aliphatic carbocycles. The smallest absolute Gasteiger partial charge is 0.131 e. The van der Waals surface area contributed by atoms with Crippen molar-refractivity contribution in [1.82, 2.24) is 0 Å². The highest BCUT2D eigenvalue weighted by Crippen LogP contribution is 2.21. The molecule has 0 fully saturated rings. The molecule has 14 heavy (non-hydrogen) atoms. The topological polar surface area (TPSA) is 40.5 Å². The molecule has 1 aromatic carbocycles. The van der Waals surface area contributed by atoms with Crippen molar-refractivity contribution in [3.05, 3.63) is 35.4 Å². The third kappa shape index (κ3) is 2.75. The summed E-state index contributed by atoms with van der Waals surface area (Å²) in [5, 5.41) is 18.0. The van der Waals surface area contributed by atoms with Crippen molar-refractivity contribution >= 4 is 0 Å². The molecule has 0 spiro atoms. The maximum Gasteiger partial charge on any atom is 0.131 e. The molecule has 0 aliphatic heterocycles. The molecule has 1 aromatic rings. The first-order chi connectivity index (χ1) is 6.65. The van der Waals surface area contributed by atoms with E-state index in [9.17, 15) is 13.9 Å². The van der Waals surface area contributed by atoms with Gasteiger partial charge in [0.2, 0.25) is 0 Å². The highest BCUT2D eigenvalue weighted by Gasteiger charge is 2.12. The SMILES string of the molecule is OCCCC(O)c1ccc(F)cc1F. The molecule has 0 amide bonds. The zero-order chi connectivity index (χ0) is 10.6. The molecule has 1 unspecified atom stereocenters.